The average Bonchev–Trinajstić information content (AvgIpc) is 3.33. The monoisotopic (exact) mass is 412 g/mol. The third-order valence-corrected chi connectivity index (χ3v) is 7.14. The van der Waals surface area contributed by atoms with Crippen LogP contribution < -0.4 is 16.0 Å². The molecule has 1 aliphatic carbocycles. The van der Waals surface area contributed by atoms with Crippen molar-refractivity contribution in [3.05, 3.63) is 34.9 Å². The molecule has 0 aromatic heterocycles. The summed E-state index contributed by atoms with van der Waals surface area (Å²) in [4.78, 5) is 38.5. The van der Waals surface area contributed by atoms with E-state index in [4.69, 9.17) is 4.74 Å². The van der Waals surface area contributed by atoms with Crippen molar-refractivity contribution < 1.29 is 19.1 Å². The zero-order valence-corrected chi connectivity index (χ0v) is 17.3. The summed E-state index contributed by atoms with van der Waals surface area (Å²) in [6.07, 6.45) is 2.90. The number of rotatable bonds is 7. The molecule has 2 bridgehead atoms. The van der Waals surface area contributed by atoms with Crippen molar-refractivity contribution in [3.63, 3.8) is 0 Å². The highest BCUT2D eigenvalue weighted by molar-refractivity contribution is 6.05. The first-order chi connectivity index (χ1) is 14.4. The van der Waals surface area contributed by atoms with E-state index in [2.05, 4.69) is 16.0 Å². The van der Waals surface area contributed by atoms with Crippen molar-refractivity contribution in [1.82, 2.24) is 20.9 Å². The fourth-order valence-electron chi connectivity index (χ4n) is 5.93. The number of fused-ring (bicyclic) bond motifs is 2. The minimum absolute atomic E-state index is 0.111. The summed E-state index contributed by atoms with van der Waals surface area (Å²) in [5.74, 6) is -0.749. The molecular formula is C22H28N4O4. The first kappa shape index (κ1) is 19.7. The van der Waals surface area contributed by atoms with Crippen LogP contribution in [0.25, 0.3) is 0 Å². The predicted octanol–water partition coefficient (Wildman–Crippen LogP) is 0.306. The molecule has 4 fully saturated rings. The molecule has 1 aromatic carbocycles. The number of ether oxygens (including phenoxy) is 1. The number of carbonyl (C=O) groups is 3. The Bertz CT molecular complexity index is 908. The number of amides is 3. The van der Waals surface area contributed by atoms with E-state index >= 15 is 0 Å². The molecule has 1 atom stereocenters. The Balaban J connectivity index is 1.23. The average molecular weight is 412 g/mol. The first-order valence-electron chi connectivity index (χ1n) is 10.6. The van der Waals surface area contributed by atoms with E-state index in [-0.39, 0.29) is 35.1 Å². The van der Waals surface area contributed by atoms with Crippen LogP contribution in [0.3, 0.4) is 0 Å². The molecule has 5 aliphatic rings. The Morgan fingerprint density at radius 3 is 2.87 bits per heavy atom. The fourth-order valence-corrected chi connectivity index (χ4v) is 5.93. The molecule has 0 spiro atoms. The smallest absolute Gasteiger partial charge is 0.255 e. The lowest BCUT2D eigenvalue weighted by Gasteiger charge is -2.46. The van der Waals surface area contributed by atoms with Crippen molar-refractivity contribution in [1.29, 1.82) is 0 Å². The van der Waals surface area contributed by atoms with E-state index in [1.165, 1.54) is 0 Å². The Labute approximate surface area is 175 Å². The second-order valence-corrected chi connectivity index (χ2v) is 9.38. The number of hydrogen-bond acceptors (Lipinski definition) is 6. The van der Waals surface area contributed by atoms with E-state index in [0.717, 1.165) is 43.7 Å². The first-order valence-corrected chi connectivity index (χ1v) is 10.6. The molecule has 8 nitrogen and oxygen atoms in total. The van der Waals surface area contributed by atoms with Crippen LogP contribution in [0.15, 0.2) is 18.2 Å². The molecular weight excluding hydrogens is 384 g/mol. The van der Waals surface area contributed by atoms with Gasteiger partial charge in [0.1, 0.15) is 6.04 Å². The van der Waals surface area contributed by atoms with Crippen molar-refractivity contribution in [2.45, 2.75) is 50.4 Å². The lowest BCUT2D eigenvalue weighted by Crippen LogP contribution is -2.53. The maximum atomic E-state index is 13.2. The van der Waals surface area contributed by atoms with Gasteiger partial charge in [0.2, 0.25) is 11.8 Å². The second kappa shape index (κ2) is 7.14. The van der Waals surface area contributed by atoms with Gasteiger partial charge in [-0.3, -0.25) is 19.7 Å². The Morgan fingerprint density at radius 2 is 2.10 bits per heavy atom. The van der Waals surface area contributed by atoms with Gasteiger partial charge in [-0.1, -0.05) is 18.2 Å². The van der Waals surface area contributed by atoms with Gasteiger partial charge >= 0.3 is 0 Å². The van der Waals surface area contributed by atoms with Crippen molar-refractivity contribution in [2.75, 3.05) is 26.8 Å². The zero-order chi connectivity index (χ0) is 20.9. The maximum Gasteiger partial charge on any atom is 0.255 e. The number of imide groups is 1. The highest BCUT2D eigenvalue weighted by Crippen LogP contribution is 2.53. The minimum Gasteiger partial charge on any atom is -0.383 e. The van der Waals surface area contributed by atoms with Crippen LogP contribution in [0.4, 0.5) is 0 Å². The standard InChI is InChI=1S/C22H28N4O4/c1-30-13-22-9-21(10-22,12-24-22)11-23-7-14-3-2-4-15-8-26(20(29)18(14)15)16-5-6-17(27)25-19(16)28/h2-4,16,23-24H,5-13H2,1H3,(H,25,27,28). The van der Waals surface area contributed by atoms with Gasteiger partial charge in [0.05, 0.1) is 6.61 Å². The lowest BCUT2D eigenvalue weighted by molar-refractivity contribution is -0.136. The van der Waals surface area contributed by atoms with E-state index in [1.54, 1.807) is 12.0 Å². The molecule has 4 aliphatic heterocycles. The Kier molecular flexibility index (Phi) is 4.68. The van der Waals surface area contributed by atoms with Crippen LogP contribution in [-0.4, -0.2) is 61.0 Å². The third-order valence-electron chi connectivity index (χ3n) is 7.14. The molecule has 3 saturated heterocycles. The van der Waals surface area contributed by atoms with Gasteiger partial charge in [-0.2, -0.15) is 0 Å². The highest BCUT2D eigenvalue weighted by atomic mass is 16.5. The van der Waals surface area contributed by atoms with Crippen molar-refractivity contribution >= 4 is 17.7 Å². The SMILES string of the molecule is COCC12CC(CNCc3cccc4c3C(=O)N(C3CCC(=O)NC3=O)C4)(CN1)C2. The minimum atomic E-state index is -0.573. The summed E-state index contributed by atoms with van der Waals surface area (Å²) in [5, 5.41) is 9.53. The summed E-state index contributed by atoms with van der Waals surface area (Å²) in [6.45, 7) is 3.70. The predicted molar refractivity (Wildman–Crippen MR) is 108 cm³/mol. The molecule has 8 heteroatoms. The largest absolute Gasteiger partial charge is 0.383 e. The number of piperidine rings is 1. The topological polar surface area (TPSA) is 99.8 Å². The molecule has 4 heterocycles. The number of carbonyl (C=O) groups excluding carboxylic acids is 3. The van der Waals surface area contributed by atoms with E-state index in [9.17, 15) is 14.4 Å². The van der Waals surface area contributed by atoms with Gasteiger partial charge in [-0.25, -0.2) is 0 Å². The van der Waals surface area contributed by atoms with E-state index < -0.39 is 6.04 Å². The Hall–Kier alpha value is -2.29. The quantitative estimate of drug-likeness (QED) is 0.558. The van der Waals surface area contributed by atoms with Crippen LogP contribution in [0.1, 0.15) is 47.2 Å². The van der Waals surface area contributed by atoms with Gasteiger partial charge in [0.25, 0.3) is 5.91 Å². The molecule has 6 rings (SSSR count). The number of nitrogens with one attached hydrogen (secondary N) is 3. The van der Waals surface area contributed by atoms with Crippen LogP contribution in [0, 0.1) is 5.41 Å². The molecule has 160 valence electrons. The summed E-state index contributed by atoms with van der Waals surface area (Å²) >= 11 is 0. The summed E-state index contributed by atoms with van der Waals surface area (Å²) in [7, 11) is 1.75. The molecule has 1 aromatic rings. The van der Waals surface area contributed by atoms with Gasteiger partial charge in [0.15, 0.2) is 0 Å². The summed E-state index contributed by atoms with van der Waals surface area (Å²) < 4.78 is 5.35. The fraction of sp³-hybridized carbons (Fsp3) is 0.591. The summed E-state index contributed by atoms with van der Waals surface area (Å²) in [5.41, 5.74) is 3.06. The number of methoxy groups -OCH3 is 1. The van der Waals surface area contributed by atoms with Crippen molar-refractivity contribution in [3.8, 4) is 0 Å². The molecule has 30 heavy (non-hydrogen) atoms. The van der Waals surface area contributed by atoms with Gasteiger partial charge in [0, 0.05) is 50.8 Å². The lowest BCUT2D eigenvalue weighted by atomic mass is 9.62. The molecule has 1 unspecified atom stereocenters. The third kappa shape index (κ3) is 3.14. The summed E-state index contributed by atoms with van der Waals surface area (Å²) in [6, 6.07) is 5.33. The normalized spacial score (nSPS) is 32.2. The van der Waals surface area contributed by atoms with Crippen LogP contribution in [-0.2, 0) is 27.4 Å². The Morgan fingerprint density at radius 1 is 1.27 bits per heavy atom. The molecule has 0 radical (unpaired) electrons. The van der Waals surface area contributed by atoms with Crippen LogP contribution >= 0.6 is 0 Å². The zero-order valence-electron chi connectivity index (χ0n) is 17.3. The molecule has 1 saturated carbocycles. The second-order valence-electron chi connectivity index (χ2n) is 9.38. The van der Waals surface area contributed by atoms with Crippen LogP contribution in [0.2, 0.25) is 0 Å². The van der Waals surface area contributed by atoms with Crippen LogP contribution in [0.5, 0.6) is 0 Å². The van der Waals surface area contributed by atoms with E-state index in [0.29, 0.717) is 25.1 Å². The number of hydrogen-bond donors (Lipinski definition) is 3. The number of nitrogens with zero attached hydrogens (tertiary/aromatic N) is 1. The van der Waals surface area contributed by atoms with E-state index in [1.807, 2.05) is 18.2 Å². The van der Waals surface area contributed by atoms with Gasteiger partial charge in [-0.05, 0) is 35.8 Å². The van der Waals surface area contributed by atoms with Gasteiger partial charge in [-0.15, -0.1) is 0 Å². The highest BCUT2D eigenvalue weighted by Gasteiger charge is 2.60. The maximum absolute atomic E-state index is 13.2. The molecule has 3 N–H and O–H groups in total. The van der Waals surface area contributed by atoms with Gasteiger partial charge < -0.3 is 20.3 Å². The van der Waals surface area contributed by atoms with Crippen molar-refractivity contribution in [2.24, 2.45) is 5.41 Å². The number of benzene rings is 1. The molecule has 3 amide bonds.